The Morgan fingerprint density at radius 3 is 1.47 bits per heavy atom. The van der Waals surface area contributed by atoms with Gasteiger partial charge in [0.25, 0.3) is 0 Å². The van der Waals surface area contributed by atoms with Gasteiger partial charge in [-0.2, -0.15) is 0 Å². The Bertz CT molecular complexity index is 3660. The highest BCUT2D eigenvalue weighted by molar-refractivity contribution is 6.26. The first-order chi connectivity index (χ1) is 29.3. The quantitative estimate of drug-likeness (QED) is 0.169. The van der Waals surface area contributed by atoms with Crippen LogP contribution in [0.2, 0.25) is 0 Å². The molecule has 10 aromatic carbocycles. The van der Waals surface area contributed by atoms with Crippen molar-refractivity contribution in [3.8, 4) is 67.1 Å². The number of furan rings is 2. The maximum atomic E-state index is 6.98. The lowest BCUT2D eigenvalue weighted by atomic mass is 9.83. The summed E-state index contributed by atoms with van der Waals surface area (Å²) in [6.07, 6.45) is 0. The number of para-hydroxylation sites is 5. The summed E-state index contributed by atoms with van der Waals surface area (Å²) in [6.45, 7) is 0. The summed E-state index contributed by atoms with van der Waals surface area (Å²) in [6, 6.07) is 68.9. The number of rotatable bonds is 3. The van der Waals surface area contributed by atoms with Crippen LogP contribution in [0, 0.1) is 0 Å². The normalized spacial score (nSPS) is 12.2. The van der Waals surface area contributed by atoms with Crippen LogP contribution in [-0.2, 0) is 0 Å². The molecule has 0 bridgehead atoms. The van der Waals surface area contributed by atoms with E-state index in [-0.39, 0.29) is 0 Å². The first kappa shape index (κ1) is 32.2. The van der Waals surface area contributed by atoms with Gasteiger partial charge in [0.15, 0.2) is 0 Å². The number of benzene rings is 10. The molecule has 0 spiro atoms. The fourth-order valence-electron chi connectivity index (χ4n) is 9.77. The van der Waals surface area contributed by atoms with Crippen molar-refractivity contribution in [2.45, 2.75) is 0 Å². The Hall–Kier alpha value is -7.88. The first-order valence-corrected chi connectivity index (χ1v) is 20.1. The third kappa shape index (κ3) is 4.64. The van der Waals surface area contributed by atoms with Crippen LogP contribution in [0.25, 0.3) is 121 Å². The molecule has 274 valence electrons. The van der Waals surface area contributed by atoms with Crippen molar-refractivity contribution in [2.75, 3.05) is 0 Å². The van der Waals surface area contributed by atoms with Crippen molar-refractivity contribution in [2.24, 2.45) is 0 Å². The van der Waals surface area contributed by atoms with Crippen LogP contribution in [0.3, 0.4) is 0 Å². The molecule has 1 aliphatic rings. The second-order valence-corrected chi connectivity index (χ2v) is 15.4. The molecule has 59 heavy (non-hydrogen) atoms. The fraction of sp³-hybridized carbons (Fsp3) is 0. The van der Waals surface area contributed by atoms with E-state index < -0.39 is 0 Å². The van der Waals surface area contributed by atoms with Gasteiger partial charge in [-0.15, -0.1) is 0 Å². The molecule has 0 unspecified atom stereocenters. The lowest BCUT2D eigenvalue weighted by Crippen LogP contribution is -1.93. The van der Waals surface area contributed by atoms with Crippen LogP contribution in [-0.4, -0.2) is 0 Å². The van der Waals surface area contributed by atoms with Crippen molar-refractivity contribution >= 4 is 65.4 Å². The van der Waals surface area contributed by atoms with Gasteiger partial charge in [-0.25, -0.2) is 0 Å². The van der Waals surface area contributed by atoms with Crippen LogP contribution < -0.4 is 4.74 Å². The van der Waals surface area contributed by atoms with Gasteiger partial charge in [0.05, 0.1) is 0 Å². The topological polar surface area (TPSA) is 35.5 Å². The maximum absolute atomic E-state index is 6.98. The summed E-state index contributed by atoms with van der Waals surface area (Å²) in [4.78, 5) is 0. The molecule has 12 aromatic rings. The number of hydrogen-bond donors (Lipinski definition) is 0. The molecule has 1 aliphatic heterocycles. The Labute approximate surface area is 339 Å². The maximum Gasteiger partial charge on any atom is 0.143 e. The van der Waals surface area contributed by atoms with E-state index in [9.17, 15) is 0 Å². The molecule has 0 aliphatic carbocycles. The van der Waals surface area contributed by atoms with Gasteiger partial charge >= 0.3 is 0 Å². The molecule has 3 heterocycles. The summed E-state index contributed by atoms with van der Waals surface area (Å²) in [7, 11) is 0. The average Bonchev–Trinajstić information content (AvgIpc) is 3.84. The highest BCUT2D eigenvalue weighted by atomic mass is 16.5. The molecule has 0 radical (unpaired) electrons. The van der Waals surface area contributed by atoms with Crippen LogP contribution in [0.4, 0.5) is 0 Å². The van der Waals surface area contributed by atoms with Gasteiger partial charge in [-0.05, 0) is 85.8 Å². The van der Waals surface area contributed by atoms with Gasteiger partial charge in [-0.3, -0.25) is 0 Å². The van der Waals surface area contributed by atoms with Gasteiger partial charge in [0.1, 0.15) is 33.8 Å². The molecule has 13 rings (SSSR count). The van der Waals surface area contributed by atoms with Crippen LogP contribution in [0.1, 0.15) is 0 Å². The molecule has 2 aromatic heterocycles. The van der Waals surface area contributed by atoms with E-state index in [1.165, 1.54) is 27.1 Å². The molecule has 3 heteroatoms. The molecule has 0 atom stereocenters. The molecular weight excluding hydrogens is 721 g/mol. The van der Waals surface area contributed by atoms with Crippen molar-refractivity contribution in [3.63, 3.8) is 0 Å². The van der Waals surface area contributed by atoms with Crippen molar-refractivity contribution < 1.29 is 13.6 Å². The first-order valence-electron chi connectivity index (χ1n) is 20.1. The van der Waals surface area contributed by atoms with Crippen LogP contribution in [0.15, 0.2) is 203 Å². The minimum absolute atomic E-state index is 0.856. The lowest BCUT2D eigenvalue weighted by Gasteiger charge is -2.19. The van der Waals surface area contributed by atoms with Crippen LogP contribution in [0.5, 0.6) is 11.5 Å². The van der Waals surface area contributed by atoms with Crippen LogP contribution >= 0.6 is 0 Å². The molecule has 0 saturated carbocycles. The highest BCUT2D eigenvalue weighted by Crippen LogP contribution is 2.52. The van der Waals surface area contributed by atoms with E-state index in [1.54, 1.807) is 0 Å². The zero-order valence-electron chi connectivity index (χ0n) is 31.7. The summed E-state index contributed by atoms with van der Waals surface area (Å²) < 4.78 is 20.1. The Morgan fingerprint density at radius 1 is 0.271 bits per heavy atom. The standard InChI is InChI=1S/C56H32O3/c1-3-19-40-38(17-1)52(33-28-29-34-35-14-5-9-24-48(35)57-49-25-10-7-16-37(49)47(34)32-33)39-18-2-4-20-41(39)53(40)46-31-30-42(54-45-21-8-12-27-51(45)59-56(46)54)44-23-13-22-43-36-15-6-11-26-50(36)58-55(43)44/h1-32H. The Morgan fingerprint density at radius 2 is 0.763 bits per heavy atom. The minimum atomic E-state index is 0.856. The van der Waals surface area contributed by atoms with Gasteiger partial charge < -0.3 is 13.6 Å². The van der Waals surface area contributed by atoms with Gasteiger partial charge in [0, 0.05) is 49.4 Å². The van der Waals surface area contributed by atoms with E-state index in [4.69, 9.17) is 13.6 Å². The molecule has 0 saturated heterocycles. The predicted molar refractivity (Wildman–Crippen MR) is 243 cm³/mol. The molecule has 3 nitrogen and oxygen atoms in total. The second kappa shape index (κ2) is 12.3. The summed E-state index contributed by atoms with van der Waals surface area (Å²) in [5.74, 6) is 1.72. The average molecular weight is 753 g/mol. The summed E-state index contributed by atoms with van der Waals surface area (Å²) in [5.41, 5.74) is 14.7. The molecule has 0 amide bonds. The predicted octanol–water partition coefficient (Wildman–Crippen LogP) is 16.2. The minimum Gasteiger partial charge on any atom is -0.456 e. The number of ether oxygens (including phenoxy) is 1. The molecule has 0 N–H and O–H groups in total. The van der Waals surface area contributed by atoms with Gasteiger partial charge in [0.2, 0.25) is 0 Å². The number of fused-ring (bicyclic) bond motifs is 13. The van der Waals surface area contributed by atoms with E-state index in [2.05, 4.69) is 164 Å². The lowest BCUT2D eigenvalue weighted by molar-refractivity contribution is 0.488. The van der Waals surface area contributed by atoms with Crippen molar-refractivity contribution in [3.05, 3.63) is 194 Å². The fourth-order valence-corrected chi connectivity index (χ4v) is 9.77. The zero-order chi connectivity index (χ0) is 38.6. The Kier molecular flexibility index (Phi) is 6.72. The van der Waals surface area contributed by atoms with Crippen molar-refractivity contribution in [1.82, 2.24) is 0 Å². The number of hydrogen-bond acceptors (Lipinski definition) is 3. The van der Waals surface area contributed by atoms with E-state index >= 15 is 0 Å². The SMILES string of the molecule is c1ccc2c(c1)Oc1ccccc1-c1cc(-c3c4ccccc4c(-c4ccc(-c5cccc6c5oc5ccccc56)c5c4oc4ccccc45)c4ccccc34)ccc1-2. The van der Waals surface area contributed by atoms with Gasteiger partial charge in [-0.1, -0.05) is 158 Å². The molecule has 0 fully saturated rings. The van der Waals surface area contributed by atoms with E-state index in [1.807, 2.05) is 30.3 Å². The third-order valence-corrected chi connectivity index (χ3v) is 12.3. The van der Waals surface area contributed by atoms with Crippen molar-refractivity contribution in [1.29, 1.82) is 0 Å². The summed E-state index contributed by atoms with van der Waals surface area (Å²) in [5, 5.41) is 9.07. The third-order valence-electron chi connectivity index (χ3n) is 12.3. The zero-order valence-corrected chi connectivity index (χ0v) is 31.7. The monoisotopic (exact) mass is 752 g/mol. The highest BCUT2D eigenvalue weighted by Gasteiger charge is 2.25. The summed E-state index contributed by atoms with van der Waals surface area (Å²) >= 11 is 0. The second-order valence-electron chi connectivity index (χ2n) is 15.4. The van der Waals surface area contributed by atoms with E-state index in [0.29, 0.717) is 0 Å². The molecular formula is C56H32O3. The Balaban J connectivity index is 1.09. The smallest absolute Gasteiger partial charge is 0.143 e. The van der Waals surface area contributed by atoms with E-state index in [0.717, 1.165) is 105 Å². The largest absolute Gasteiger partial charge is 0.456 e.